The summed E-state index contributed by atoms with van der Waals surface area (Å²) >= 11 is 0. The van der Waals surface area contributed by atoms with E-state index in [0.717, 1.165) is 37.0 Å². The number of nitrogens with zero attached hydrogens (tertiary/aromatic N) is 1. The summed E-state index contributed by atoms with van der Waals surface area (Å²) in [6.07, 6.45) is 5.85. The van der Waals surface area contributed by atoms with Crippen molar-refractivity contribution < 1.29 is 4.79 Å². The molecule has 2 N–H and O–H groups in total. The molecular formula is C17H21N3O2. The number of H-pyrrole nitrogens is 1. The number of fused-ring (bicyclic) bond motifs is 1. The highest BCUT2D eigenvalue weighted by Gasteiger charge is 2.23. The maximum Gasteiger partial charge on any atom is 0.262 e. The molecular weight excluding hydrogens is 278 g/mol. The Bertz CT molecular complexity index is 758. The van der Waals surface area contributed by atoms with Crippen LogP contribution in [0.1, 0.15) is 48.5 Å². The van der Waals surface area contributed by atoms with Crippen LogP contribution in [0.3, 0.4) is 0 Å². The number of aromatic nitrogens is 2. The highest BCUT2D eigenvalue weighted by molar-refractivity contribution is 5.99. The number of carbonyl (C=O) groups excluding carboxylic acids is 1. The summed E-state index contributed by atoms with van der Waals surface area (Å²) in [5, 5.41) is 3.83. The van der Waals surface area contributed by atoms with Gasteiger partial charge in [0.1, 0.15) is 11.2 Å². The smallest absolute Gasteiger partial charge is 0.262 e. The van der Waals surface area contributed by atoms with E-state index >= 15 is 0 Å². The van der Waals surface area contributed by atoms with E-state index in [-0.39, 0.29) is 23.1 Å². The van der Waals surface area contributed by atoms with Gasteiger partial charge in [-0.05, 0) is 56.2 Å². The molecule has 0 atom stereocenters. The van der Waals surface area contributed by atoms with E-state index < -0.39 is 0 Å². The van der Waals surface area contributed by atoms with Crippen molar-refractivity contribution in [3.05, 3.63) is 39.8 Å². The lowest BCUT2D eigenvalue weighted by molar-refractivity contribution is 0.0921. The van der Waals surface area contributed by atoms with Crippen LogP contribution in [0.5, 0.6) is 0 Å². The van der Waals surface area contributed by atoms with Gasteiger partial charge in [-0.1, -0.05) is 6.92 Å². The van der Waals surface area contributed by atoms with E-state index in [2.05, 4.69) is 22.2 Å². The SMILES string of the molecule is Cc1c(C(=O)NC2CCC(C)CC2)c(=O)[nH]c2ncccc12. The highest BCUT2D eigenvalue weighted by atomic mass is 16.2. The van der Waals surface area contributed by atoms with E-state index in [4.69, 9.17) is 0 Å². The lowest BCUT2D eigenvalue weighted by atomic mass is 9.87. The van der Waals surface area contributed by atoms with E-state index in [1.165, 1.54) is 0 Å². The van der Waals surface area contributed by atoms with Gasteiger partial charge < -0.3 is 10.3 Å². The van der Waals surface area contributed by atoms with E-state index in [0.29, 0.717) is 11.2 Å². The van der Waals surface area contributed by atoms with Crippen molar-refractivity contribution in [2.24, 2.45) is 5.92 Å². The third-order valence-corrected chi connectivity index (χ3v) is 4.62. The molecule has 1 aliphatic carbocycles. The molecule has 2 aromatic rings. The average Bonchev–Trinajstić information content (AvgIpc) is 2.49. The molecule has 116 valence electrons. The molecule has 2 aromatic heterocycles. The zero-order valence-corrected chi connectivity index (χ0v) is 13.0. The number of aryl methyl sites for hydroxylation is 1. The zero-order valence-electron chi connectivity index (χ0n) is 13.0. The predicted octanol–water partition coefficient (Wildman–Crippen LogP) is 2.54. The minimum Gasteiger partial charge on any atom is -0.349 e. The first-order valence-corrected chi connectivity index (χ1v) is 7.84. The Morgan fingerprint density at radius 3 is 2.77 bits per heavy atom. The first-order valence-electron chi connectivity index (χ1n) is 7.84. The summed E-state index contributed by atoms with van der Waals surface area (Å²) < 4.78 is 0. The molecule has 0 spiro atoms. The monoisotopic (exact) mass is 299 g/mol. The molecule has 22 heavy (non-hydrogen) atoms. The van der Waals surface area contributed by atoms with Crippen LogP contribution >= 0.6 is 0 Å². The van der Waals surface area contributed by atoms with Crippen molar-refractivity contribution in [2.45, 2.75) is 45.6 Å². The molecule has 0 bridgehead atoms. The van der Waals surface area contributed by atoms with E-state index in [9.17, 15) is 9.59 Å². The van der Waals surface area contributed by atoms with Crippen molar-refractivity contribution >= 4 is 16.9 Å². The third-order valence-electron chi connectivity index (χ3n) is 4.62. The van der Waals surface area contributed by atoms with Crippen molar-refractivity contribution in [1.29, 1.82) is 0 Å². The molecule has 1 saturated carbocycles. The van der Waals surface area contributed by atoms with Crippen LogP contribution in [0, 0.1) is 12.8 Å². The summed E-state index contributed by atoms with van der Waals surface area (Å²) in [5.74, 6) is 0.453. The topological polar surface area (TPSA) is 74.8 Å². The molecule has 0 aliphatic heterocycles. The molecule has 1 fully saturated rings. The summed E-state index contributed by atoms with van der Waals surface area (Å²) in [6, 6.07) is 3.84. The minimum absolute atomic E-state index is 0.173. The Morgan fingerprint density at radius 1 is 1.32 bits per heavy atom. The molecule has 5 nitrogen and oxygen atoms in total. The van der Waals surface area contributed by atoms with Gasteiger partial charge in [0.25, 0.3) is 11.5 Å². The van der Waals surface area contributed by atoms with E-state index in [1.807, 2.05) is 6.07 Å². The molecule has 0 unspecified atom stereocenters. The van der Waals surface area contributed by atoms with Crippen molar-refractivity contribution in [2.75, 3.05) is 0 Å². The second-order valence-corrected chi connectivity index (χ2v) is 6.28. The lowest BCUT2D eigenvalue weighted by Gasteiger charge is -2.27. The molecule has 2 heterocycles. The second-order valence-electron chi connectivity index (χ2n) is 6.28. The first-order chi connectivity index (χ1) is 10.6. The average molecular weight is 299 g/mol. The van der Waals surface area contributed by atoms with Gasteiger partial charge >= 0.3 is 0 Å². The van der Waals surface area contributed by atoms with Crippen LogP contribution in [0.4, 0.5) is 0 Å². The van der Waals surface area contributed by atoms with Gasteiger partial charge in [-0.25, -0.2) is 4.98 Å². The fourth-order valence-electron chi connectivity index (χ4n) is 3.22. The molecule has 0 saturated heterocycles. The van der Waals surface area contributed by atoms with Crippen LogP contribution in [-0.2, 0) is 0 Å². The number of nitrogens with one attached hydrogen (secondary N) is 2. The van der Waals surface area contributed by atoms with Gasteiger partial charge in [-0.15, -0.1) is 0 Å². The van der Waals surface area contributed by atoms with Gasteiger partial charge in [-0.3, -0.25) is 9.59 Å². The standard InChI is InChI=1S/C17H21N3O2/c1-10-5-7-12(8-6-10)19-16(21)14-11(2)13-4-3-9-18-15(13)20-17(14)22/h3-4,9-10,12H,5-8H2,1-2H3,(H,19,21)(H,18,20,22). The van der Waals surface area contributed by atoms with Crippen LogP contribution < -0.4 is 10.9 Å². The van der Waals surface area contributed by atoms with Crippen LogP contribution in [0.2, 0.25) is 0 Å². The molecule has 0 radical (unpaired) electrons. The Labute approximate surface area is 129 Å². The maximum atomic E-state index is 12.5. The zero-order chi connectivity index (χ0) is 15.7. The van der Waals surface area contributed by atoms with Gasteiger partial charge in [0, 0.05) is 17.6 Å². The van der Waals surface area contributed by atoms with Gasteiger partial charge in [0.15, 0.2) is 0 Å². The number of aromatic amines is 1. The number of pyridine rings is 2. The summed E-state index contributed by atoms with van der Waals surface area (Å²) in [7, 11) is 0. The second kappa shape index (κ2) is 5.91. The van der Waals surface area contributed by atoms with Crippen molar-refractivity contribution in [1.82, 2.24) is 15.3 Å². The first kappa shape index (κ1) is 14.8. The van der Waals surface area contributed by atoms with Crippen LogP contribution in [-0.4, -0.2) is 21.9 Å². The van der Waals surface area contributed by atoms with Crippen LogP contribution in [0.25, 0.3) is 11.0 Å². The lowest BCUT2D eigenvalue weighted by Crippen LogP contribution is -2.40. The summed E-state index contributed by atoms with van der Waals surface area (Å²) in [5.41, 5.74) is 1.05. The van der Waals surface area contributed by atoms with Gasteiger partial charge in [0.05, 0.1) is 0 Å². The molecule has 1 aliphatic rings. The van der Waals surface area contributed by atoms with Crippen LogP contribution in [0.15, 0.2) is 23.1 Å². The number of amides is 1. The Balaban J connectivity index is 1.89. The Kier molecular flexibility index (Phi) is 3.96. The van der Waals surface area contributed by atoms with Gasteiger partial charge in [-0.2, -0.15) is 0 Å². The fourth-order valence-corrected chi connectivity index (χ4v) is 3.22. The maximum absolute atomic E-state index is 12.5. The Morgan fingerprint density at radius 2 is 2.05 bits per heavy atom. The molecule has 3 rings (SSSR count). The molecule has 1 amide bonds. The molecule has 5 heteroatoms. The predicted molar refractivity (Wildman–Crippen MR) is 86.0 cm³/mol. The Hall–Kier alpha value is -2.17. The highest BCUT2D eigenvalue weighted by Crippen LogP contribution is 2.24. The number of carbonyl (C=O) groups is 1. The van der Waals surface area contributed by atoms with E-state index in [1.54, 1.807) is 19.2 Å². The number of hydrogen-bond acceptors (Lipinski definition) is 3. The minimum atomic E-state index is -0.370. The molecule has 0 aromatic carbocycles. The number of rotatable bonds is 2. The fraction of sp³-hybridized carbons (Fsp3) is 0.471. The normalized spacial score (nSPS) is 21.7. The number of hydrogen-bond donors (Lipinski definition) is 2. The van der Waals surface area contributed by atoms with Gasteiger partial charge in [0.2, 0.25) is 0 Å². The van der Waals surface area contributed by atoms with Crippen molar-refractivity contribution in [3.63, 3.8) is 0 Å². The third kappa shape index (κ3) is 2.75. The van der Waals surface area contributed by atoms with Crippen molar-refractivity contribution in [3.8, 4) is 0 Å². The summed E-state index contributed by atoms with van der Waals surface area (Å²) in [4.78, 5) is 31.6. The largest absolute Gasteiger partial charge is 0.349 e. The quantitative estimate of drug-likeness (QED) is 0.895. The summed E-state index contributed by atoms with van der Waals surface area (Å²) in [6.45, 7) is 4.04.